The maximum Gasteiger partial charge on any atom is 0.398 e. The fourth-order valence-corrected chi connectivity index (χ4v) is 4.32. The normalized spacial score (nSPS) is 30.1. The second kappa shape index (κ2) is 5.33. The molecule has 2 unspecified atom stereocenters. The second-order valence-corrected chi connectivity index (χ2v) is 6.83. The number of ether oxygens (including phenoxy) is 1. The minimum Gasteiger partial charge on any atom is -0.512 e. The number of hydrogen-bond acceptors (Lipinski definition) is 4. The van der Waals surface area contributed by atoms with E-state index in [9.17, 15) is 24.1 Å². The van der Waals surface area contributed by atoms with Gasteiger partial charge in [0.1, 0.15) is 17.3 Å². The summed E-state index contributed by atoms with van der Waals surface area (Å²) in [4.78, 5) is 0. The molecule has 1 aromatic rings. The zero-order valence-electron chi connectivity index (χ0n) is 13.4. The minimum absolute atomic E-state index is 0.0543. The van der Waals surface area contributed by atoms with Crippen LogP contribution in [0, 0.1) is 5.41 Å². The predicted octanol–water partition coefficient (Wildman–Crippen LogP) is 3.90. The van der Waals surface area contributed by atoms with Crippen LogP contribution in [0.1, 0.15) is 30.7 Å². The molecule has 3 aliphatic rings. The highest BCUT2D eigenvalue weighted by Gasteiger charge is 2.60. The van der Waals surface area contributed by atoms with Crippen LogP contribution in [0.25, 0.3) is 0 Å². The number of phenols is 1. The number of rotatable bonds is 2. The highest BCUT2D eigenvalue weighted by atomic mass is 19.3. The highest BCUT2D eigenvalue weighted by molar-refractivity contribution is 5.53. The largest absolute Gasteiger partial charge is 0.512 e. The van der Waals surface area contributed by atoms with E-state index in [4.69, 9.17) is 4.74 Å². The number of hydrogen-bond donors (Lipinski definition) is 3. The van der Waals surface area contributed by atoms with Crippen LogP contribution < -0.4 is 0 Å². The molecular weight excluding hydrogens is 330 g/mol. The van der Waals surface area contributed by atoms with Crippen LogP contribution in [0.5, 0.6) is 5.75 Å². The van der Waals surface area contributed by atoms with E-state index in [0.29, 0.717) is 23.1 Å². The Morgan fingerprint density at radius 2 is 1.88 bits per heavy atom. The van der Waals surface area contributed by atoms with Crippen molar-refractivity contribution in [2.75, 3.05) is 6.61 Å². The van der Waals surface area contributed by atoms with Gasteiger partial charge in [0.05, 0.1) is 18.4 Å². The van der Waals surface area contributed by atoms with E-state index in [-0.39, 0.29) is 30.3 Å². The van der Waals surface area contributed by atoms with Crippen molar-refractivity contribution in [1.29, 1.82) is 0 Å². The molecule has 2 aliphatic carbocycles. The lowest BCUT2D eigenvalue weighted by molar-refractivity contribution is -0.253. The van der Waals surface area contributed by atoms with E-state index in [2.05, 4.69) is 0 Å². The van der Waals surface area contributed by atoms with Crippen molar-refractivity contribution in [3.05, 3.63) is 64.6 Å². The van der Waals surface area contributed by atoms with Gasteiger partial charge in [-0.3, -0.25) is 0 Å². The zero-order valence-corrected chi connectivity index (χ0v) is 13.4. The first kappa shape index (κ1) is 16.1. The summed E-state index contributed by atoms with van der Waals surface area (Å²) >= 11 is 0. The van der Waals surface area contributed by atoms with E-state index in [1.54, 1.807) is 18.2 Å². The lowest BCUT2D eigenvalue weighted by atomic mass is 9.61. The maximum absolute atomic E-state index is 14.3. The van der Waals surface area contributed by atoms with E-state index in [0.717, 1.165) is 0 Å². The molecule has 0 bridgehead atoms. The average Bonchev–Trinajstić information content (AvgIpc) is 2.97. The molecule has 0 amide bonds. The summed E-state index contributed by atoms with van der Waals surface area (Å²) in [6, 6.07) is 6.16. The first-order valence-electron chi connectivity index (χ1n) is 8.15. The van der Waals surface area contributed by atoms with Crippen LogP contribution in [0.3, 0.4) is 0 Å². The number of aliphatic hydroxyl groups excluding tert-OH is 2. The van der Waals surface area contributed by atoms with Gasteiger partial charge < -0.3 is 20.1 Å². The predicted molar refractivity (Wildman–Crippen MR) is 86.1 cm³/mol. The molecule has 0 aromatic heterocycles. The Hall–Kier alpha value is -2.34. The molecule has 6 heteroatoms. The molecule has 2 atom stereocenters. The molecule has 1 aliphatic heterocycles. The van der Waals surface area contributed by atoms with Crippen molar-refractivity contribution in [2.24, 2.45) is 5.41 Å². The highest BCUT2D eigenvalue weighted by Crippen LogP contribution is 2.64. The minimum atomic E-state index is -3.32. The number of alkyl halides is 2. The Balaban J connectivity index is 1.90. The van der Waals surface area contributed by atoms with Gasteiger partial charge in [-0.1, -0.05) is 18.2 Å². The molecule has 1 fully saturated rings. The van der Waals surface area contributed by atoms with Crippen LogP contribution in [0.15, 0.2) is 59.1 Å². The fraction of sp³-hybridized carbons (Fsp3) is 0.368. The van der Waals surface area contributed by atoms with Crippen LogP contribution >= 0.6 is 0 Å². The number of aliphatic hydroxyl groups is 2. The lowest BCUT2D eigenvalue weighted by Gasteiger charge is -2.48. The van der Waals surface area contributed by atoms with Gasteiger partial charge in [0.2, 0.25) is 0 Å². The number of allylic oxidation sites excluding steroid dienone is 3. The topological polar surface area (TPSA) is 69.9 Å². The zero-order chi connectivity index (χ0) is 17.8. The molecule has 1 spiro atoms. The smallest absolute Gasteiger partial charge is 0.398 e. The number of aromatic hydroxyl groups is 1. The van der Waals surface area contributed by atoms with Gasteiger partial charge in [-0.05, 0) is 35.8 Å². The summed E-state index contributed by atoms with van der Waals surface area (Å²) in [5.74, 6) is -0.335. The third kappa shape index (κ3) is 2.35. The van der Waals surface area contributed by atoms with E-state index in [1.807, 2.05) is 0 Å². The van der Waals surface area contributed by atoms with Crippen LogP contribution in [-0.4, -0.2) is 28.0 Å². The summed E-state index contributed by atoms with van der Waals surface area (Å²) in [7, 11) is 0. The average molecular weight is 348 g/mol. The molecule has 1 aromatic carbocycles. The molecule has 1 saturated heterocycles. The molecule has 0 saturated carbocycles. The number of benzene rings is 1. The van der Waals surface area contributed by atoms with Crippen molar-refractivity contribution < 1.29 is 28.8 Å². The summed E-state index contributed by atoms with van der Waals surface area (Å²) in [6.07, 6.45) is -0.218. The Morgan fingerprint density at radius 1 is 1.16 bits per heavy atom. The molecule has 4 nitrogen and oxygen atoms in total. The maximum atomic E-state index is 14.3. The fourth-order valence-electron chi connectivity index (χ4n) is 4.32. The molecule has 4 rings (SSSR count). The summed E-state index contributed by atoms with van der Waals surface area (Å²) < 4.78 is 33.5. The lowest BCUT2D eigenvalue weighted by Crippen LogP contribution is -2.45. The van der Waals surface area contributed by atoms with Gasteiger partial charge in [-0.25, -0.2) is 0 Å². The first-order valence-corrected chi connectivity index (χ1v) is 8.15. The Bertz CT molecular complexity index is 807. The molecular formula is C19H18F2O4. The molecule has 3 N–H and O–H groups in total. The molecule has 0 radical (unpaired) electrons. The second-order valence-electron chi connectivity index (χ2n) is 6.83. The monoisotopic (exact) mass is 348 g/mol. The Morgan fingerprint density at radius 3 is 2.56 bits per heavy atom. The van der Waals surface area contributed by atoms with Gasteiger partial charge in [-0.2, -0.15) is 8.78 Å². The van der Waals surface area contributed by atoms with Crippen molar-refractivity contribution >= 4 is 0 Å². The number of halogens is 2. The Kier molecular flexibility index (Phi) is 3.44. The third-order valence-corrected chi connectivity index (χ3v) is 5.36. The number of phenolic OH excluding ortho intramolecular Hbond substituents is 1. The molecule has 25 heavy (non-hydrogen) atoms. The van der Waals surface area contributed by atoms with Crippen molar-refractivity contribution in [3.8, 4) is 5.75 Å². The van der Waals surface area contributed by atoms with Crippen molar-refractivity contribution in [2.45, 2.75) is 31.3 Å². The van der Waals surface area contributed by atoms with Crippen LogP contribution in [0.2, 0.25) is 0 Å². The summed E-state index contributed by atoms with van der Waals surface area (Å²) in [6.45, 7) is -0.204. The SMILES string of the molecule is OCC1=CC2=C(O)CC=C3OC(F)(F)CC(c4ccc(O)cc4)C32C1. The third-order valence-electron chi connectivity index (χ3n) is 5.36. The molecule has 1 heterocycles. The first-order chi connectivity index (χ1) is 11.9. The summed E-state index contributed by atoms with van der Waals surface area (Å²) in [5.41, 5.74) is 0.903. The standard InChI is InChI=1S/C19H18F2O4/c20-19(21)9-15(12-1-3-13(23)4-2-12)18-8-11(10-22)7-14(18)16(24)5-6-17(18)25-19/h1-4,6-7,15,22-24H,5,8-10H2. The van der Waals surface area contributed by atoms with Gasteiger partial charge in [0.25, 0.3) is 0 Å². The van der Waals surface area contributed by atoms with Crippen LogP contribution in [-0.2, 0) is 4.74 Å². The van der Waals surface area contributed by atoms with Gasteiger partial charge in [-0.15, -0.1) is 0 Å². The van der Waals surface area contributed by atoms with Gasteiger partial charge >= 0.3 is 6.11 Å². The van der Waals surface area contributed by atoms with E-state index in [1.165, 1.54) is 18.2 Å². The van der Waals surface area contributed by atoms with Crippen LogP contribution in [0.4, 0.5) is 8.78 Å². The Labute approximate surface area is 143 Å². The van der Waals surface area contributed by atoms with E-state index < -0.39 is 23.9 Å². The summed E-state index contributed by atoms with van der Waals surface area (Å²) in [5, 5.41) is 29.5. The molecule has 132 valence electrons. The van der Waals surface area contributed by atoms with Crippen molar-refractivity contribution in [1.82, 2.24) is 0 Å². The van der Waals surface area contributed by atoms with Crippen molar-refractivity contribution in [3.63, 3.8) is 0 Å². The van der Waals surface area contributed by atoms with E-state index >= 15 is 0 Å². The van der Waals surface area contributed by atoms with Gasteiger partial charge in [0.15, 0.2) is 0 Å². The quantitative estimate of drug-likeness (QED) is 0.758. The van der Waals surface area contributed by atoms with Gasteiger partial charge in [0, 0.05) is 17.9 Å².